The second kappa shape index (κ2) is 5.37. The molecule has 0 saturated carbocycles. The Morgan fingerprint density at radius 1 is 1.32 bits per heavy atom. The van der Waals surface area contributed by atoms with Crippen molar-refractivity contribution in [1.29, 1.82) is 0 Å². The third kappa shape index (κ3) is 2.74. The Kier molecular flexibility index (Phi) is 3.82. The van der Waals surface area contributed by atoms with Gasteiger partial charge in [0, 0.05) is 6.54 Å². The zero-order chi connectivity index (χ0) is 13.9. The van der Waals surface area contributed by atoms with Crippen molar-refractivity contribution in [1.82, 2.24) is 19.9 Å². The Bertz CT molecular complexity index is 551. The van der Waals surface area contributed by atoms with Gasteiger partial charge in [-0.3, -0.25) is 0 Å². The smallest absolute Gasteiger partial charge is 0.226 e. The topological polar surface area (TPSA) is 119 Å². The fourth-order valence-electron chi connectivity index (χ4n) is 1.58. The van der Waals surface area contributed by atoms with E-state index in [0.29, 0.717) is 29.5 Å². The fraction of sp³-hybridized carbons (Fsp3) is 0.545. The monoisotopic (exact) mass is 266 g/mol. The molecular weight excluding hydrogens is 248 g/mol. The van der Waals surface area contributed by atoms with E-state index in [1.165, 1.54) is 6.33 Å². The number of aromatic nitrogens is 4. The van der Waals surface area contributed by atoms with Gasteiger partial charge in [0.15, 0.2) is 11.5 Å². The zero-order valence-electron chi connectivity index (χ0n) is 10.9. The van der Waals surface area contributed by atoms with Crippen molar-refractivity contribution in [2.24, 2.45) is 0 Å². The molecule has 0 saturated heterocycles. The first-order valence-electron chi connectivity index (χ1n) is 6.07. The standard InChI is InChI=1S/C11H18N6O2/c1-3-12-10-15-8-7(13-6-14-8)9(16-10)17-11(2,4-18)5-19/h6,18-19H,3-5H2,1-2H3,(H3,12,13,14,15,16,17). The lowest BCUT2D eigenvalue weighted by molar-refractivity contribution is 0.147. The average molecular weight is 266 g/mol. The molecule has 104 valence electrons. The van der Waals surface area contributed by atoms with Gasteiger partial charge in [0.1, 0.15) is 5.52 Å². The Hall–Kier alpha value is -1.93. The van der Waals surface area contributed by atoms with E-state index in [-0.39, 0.29) is 13.2 Å². The maximum Gasteiger partial charge on any atom is 0.226 e. The lowest BCUT2D eigenvalue weighted by Crippen LogP contribution is -2.42. The lowest BCUT2D eigenvalue weighted by Gasteiger charge is -2.27. The molecule has 8 heteroatoms. The first-order chi connectivity index (χ1) is 9.11. The number of H-pyrrole nitrogens is 1. The Morgan fingerprint density at radius 3 is 2.68 bits per heavy atom. The number of rotatable bonds is 6. The van der Waals surface area contributed by atoms with Crippen LogP contribution in [0.4, 0.5) is 11.8 Å². The number of aliphatic hydroxyl groups is 2. The van der Waals surface area contributed by atoms with Gasteiger partial charge in [0.05, 0.1) is 25.1 Å². The van der Waals surface area contributed by atoms with Crippen molar-refractivity contribution >= 4 is 22.9 Å². The van der Waals surface area contributed by atoms with Crippen LogP contribution in [0, 0.1) is 0 Å². The van der Waals surface area contributed by atoms with E-state index in [0.717, 1.165) is 0 Å². The molecule has 5 N–H and O–H groups in total. The summed E-state index contributed by atoms with van der Waals surface area (Å²) in [4.78, 5) is 15.6. The second-order valence-corrected chi connectivity index (χ2v) is 4.53. The highest BCUT2D eigenvalue weighted by molar-refractivity contribution is 5.84. The quantitative estimate of drug-likeness (QED) is 0.497. The molecule has 0 bridgehead atoms. The van der Waals surface area contributed by atoms with Crippen molar-refractivity contribution in [3.63, 3.8) is 0 Å². The van der Waals surface area contributed by atoms with Crippen LogP contribution in [0.25, 0.3) is 11.2 Å². The number of aliphatic hydroxyl groups excluding tert-OH is 2. The first kappa shape index (κ1) is 13.5. The van der Waals surface area contributed by atoms with Crippen LogP contribution >= 0.6 is 0 Å². The van der Waals surface area contributed by atoms with Gasteiger partial charge in [-0.15, -0.1) is 0 Å². The van der Waals surface area contributed by atoms with Crippen LogP contribution in [0.15, 0.2) is 6.33 Å². The summed E-state index contributed by atoms with van der Waals surface area (Å²) >= 11 is 0. The first-order valence-corrected chi connectivity index (χ1v) is 6.07. The van der Waals surface area contributed by atoms with E-state index < -0.39 is 5.54 Å². The van der Waals surface area contributed by atoms with Crippen molar-refractivity contribution in [3.05, 3.63) is 6.33 Å². The summed E-state index contributed by atoms with van der Waals surface area (Å²) in [5.41, 5.74) is 0.289. The number of aromatic amines is 1. The van der Waals surface area contributed by atoms with Crippen LogP contribution in [0.3, 0.4) is 0 Å². The van der Waals surface area contributed by atoms with E-state index >= 15 is 0 Å². The van der Waals surface area contributed by atoms with E-state index in [4.69, 9.17) is 0 Å². The number of hydrogen-bond donors (Lipinski definition) is 5. The number of imidazole rings is 1. The Labute approximate surface area is 110 Å². The highest BCUT2D eigenvalue weighted by Gasteiger charge is 2.24. The average Bonchev–Trinajstić information content (AvgIpc) is 2.87. The predicted octanol–water partition coefficient (Wildman–Crippen LogP) is -0.0601. The molecule has 0 spiro atoms. The van der Waals surface area contributed by atoms with Gasteiger partial charge in [-0.05, 0) is 13.8 Å². The van der Waals surface area contributed by atoms with Crippen LogP contribution in [0.5, 0.6) is 0 Å². The summed E-state index contributed by atoms with van der Waals surface area (Å²) in [7, 11) is 0. The number of nitrogens with zero attached hydrogens (tertiary/aromatic N) is 3. The largest absolute Gasteiger partial charge is 0.394 e. The van der Waals surface area contributed by atoms with Gasteiger partial charge < -0.3 is 25.8 Å². The third-order valence-electron chi connectivity index (χ3n) is 2.74. The number of hydrogen-bond acceptors (Lipinski definition) is 7. The zero-order valence-corrected chi connectivity index (χ0v) is 10.9. The SMILES string of the molecule is CCNc1nc(NC(C)(CO)CO)c2[nH]cnc2n1. The summed E-state index contributed by atoms with van der Waals surface area (Å²) in [5, 5.41) is 24.7. The highest BCUT2D eigenvalue weighted by Crippen LogP contribution is 2.21. The molecule has 2 aromatic heterocycles. The van der Waals surface area contributed by atoms with E-state index in [2.05, 4.69) is 30.6 Å². The van der Waals surface area contributed by atoms with Crippen LogP contribution in [0.1, 0.15) is 13.8 Å². The minimum Gasteiger partial charge on any atom is -0.394 e. The van der Waals surface area contributed by atoms with Crippen LogP contribution in [-0.4, -0.2) is 55.4 Å². The molecule has 0 radical (unpaired) electrons. The summed E-state index contributed by atoms with van der Waals surface area (Å²) < 4.78 is 0. The molecule has 0 fully saturated rings. The van der Waals surface area contributed by atoms with Gasteiger partial charge in [0.2, 0.25) is 5.95 Å². The Balaban J connectivity index is 2.42. The number of nitrogens with one attached hydrogen (secondary N) is 3. The summed E-state index contributed by atoms with van der Waals surface area (Å²) in [6, 6.07) is 0. The van der Waals surface area contributed by atoms with Gasteiger partial charge >= 0.3 is 0 Å². The van der Waals surface area contributed by atoms with Gasteiger partial charge in [0.25, 0.3) is 0 Å². The van der Waals surface area contributed by atoms with Crippen molar-refractivity contribution in [2.75, 3.05) is 30.4 Å². The molecule has 0 unspecified atom stereocenters. The molecule has 2 aromatic rings. The van der Waals surface area contributed by atoms with Crippen molar-refractivity contribution < 1.29 is 10.2 Å². The second-order valence-electron chi connectivity index (χ2n) is 4.53. The van der Waals surface area contributed by atoms with E-state index in [1.54, 1.807) is 6.92 Å². The molecular formula is C11H18N6O2. The van der Waals surface area contributed by atoms with Crippen LogP contribution in [-0.2, 0) is 0 Å². The van der Waals surface area contributed by atoms with E-state index in [9.17, 15) is 10.2 Å². The molecule has 0 atom stereocenters. The summed E-state index contributed by atoms with van der Waals surface area (Å²) in [6.07, 6.45) is 1.52. The Morgan fingerprint density at radius 2 is 2.05 bits per heavy atom. The molecule has 0 amide bonds. The molecule has 0 aliphatic heterocycles. The predicted molar refractivity (Wildman–Crippen MR) is 72.0 cm³/mol. The van der Waals surface area contributed by atoms with Crippen LogP contribution < -0.4 is 10.6 Å². The highest BCUT2D eigenvalue weighted by atomic mass is 16.3. The minimum absolute atomic E-state index is 0.223. The van der Waals surface area contributed by atoms with Crippen molar-refractivity contribution in [3.8, 4) is 0 Å². The van der Waals surface area contributed by atoms with Crippen LogP contribution in [0.2, 0.25) is 0 Å². The lowest BCUT2D eigenvalue weighted by atomic mass is 10.1. The maximum atomic E-state index is 9.33. The molecule has 0 aliphatic rings. The van der Waals surface area contributed by atoms with E-state index in [1.807, 2.05) is 6.92 Å². The molecule has 0 aliphatic carbocycles. The summed E-state index contributed by atoms with van der Waals surface area (Å²) in [6.45, 7) is 3.88. The van der Waals surface area contributed by atoms with Gasteiger partial charge in [-0.2, -0.15) is 9.97 Å². The molecule has 19 heavy (non-hydrogen) atoms. The number of anilines is 2. The molecule has 2 heterocycles. The normalized spacial score (nSPS) is 11.8. The minimum atomic E-state index is -0.865. The third-order valence-corrected chi connectivity index (χ3v) is 2.74. The van der Waals surface area contributed by atoms with Gasteiger partial charge in [-0.25, -0.2) is 4.98 Å². The maximum absolute atomic E-state index is 9.33. The summed E-state index contributed by atoms with van der Waals surface area (Å²) in [5.74, 6) is 0.937. The van der Waals surface area contributed by atoms with Gasteiger partial charge in [-0.1, -0.05) is 0 Å². The molecule has 8 nitrogen and oxygen atoms in total. The fourth-order valence-corrected chi connectivity index (χ4v) is 1.58. The van der Waals surface area contributed by atoms with Crippen molar-refractivity contribution in [2.45, 2.75) is 19.4 Å². The molecule has 0 aromatic carbocycles. The molecule has 2 rings (SSSR count). The number of fused-ring (bicyclic) bond motifs is 1.